The molecule has 4 nitrogen and oxygen atoms in total. The third kappa shape index (κ3) is 2.23. The van der Waals surface area contributed by atoms with E-state index in [9.17, 15) is 4.79 Å². The number of hydrogen-bond acceptors (Lipinski definition) is 2. The molecule has 0 saturated carbocycles. The third-order valence-corrected chi connectivity index (χ3v) is 2.02. The maximum absolute atomic E-state index is 11.1. The van der Waals surface area contributed by atoms with E-state index in [1.54, 1.807) is 0 Å². The molecule has 0 aliphatic carbocycles. The van der Waals surface area contributed by atoms with Gasteiger partial charge in [0.15, 0.2) is 0 Å². The molecule has 0 atom stereocenters. The predicted octanol–water partition coefficient (Wildman–Crippen LogP) is 0.839. The van der Waals surface area contributed by atoms with Gasteiger partial charge in [-0.3, -0.25) is 4.90 Å². The second-order valence-corrected chi connectivity index (χ2v) is 3.07. The molecule has 4 heteroatoms. The molecule has 0 fully saturated rings. The maximum Gasteiger partial charge on any atom is 0.319 e. The molecule has 0 aliphatic heterocycles. The van der Waals surface area contributed by atoms with Crippen LogP contribution >= 0.6 is 0 Å². The van der Waals surface area contributed by atoms with Crippen molar-refractivity contribution in [3.05, 3.63) is 29.8 Å². The van der Waals surface area contributed by atoms with Crippen LogP contribution in [0.2, 0.25) is 0 Å². The van der Waals surface area contributed by atoms with Gasteiger partial charge < -0.3 is 11.5 Å². The van der Waals surface area contributed by atoms with E-state index in [1.165, 1.54) is 4.90 Å². The monoisotopic (exact) mass is 193 g/mol. The Morgan fingerprint density at radius 2 is 2.07 bits per heavy atom. The first-order valence-electron chi connectivity index (χ1n) is 4.49. The molecular formula is C10H15N3O. The molecule has 4 N–H and O–H groups in total. The lowest BCUT2D eigenvalue weighted by molar-refractivity contribution is 0.254. The molecule has 0 bridgehead atoms. The number of rotatable bonds is 3. The molecule has 2 amide bonds. The Kier molecular flexibility index (Phi) is 3.48. The smallest absolute Gasteiger partial charge is 0.319 e. The predicted molar refractivity (Wildman–Crippen MR) is 57.2 cm³/mol. The highest BCUT2D eigenvalue weighted by Gasteiger charge is 2.12. The summed E-state index contributed by atoms with van der Waals surface area (Å²) in [6.07, 6.45) is 0. The maximum atomic E-state index is 11.1. The molecule has 0 aliphatic rings. The van der Waals surface area contributed by atoms with Gasteiger partial charge in [0.2, 0.25) is 0 Å². The van der Waals surface area contributed by atoms with Crippen LogP contribution in [0.4, 0.5) is 10.5 Å². The number of nitrogens with two attached hydrogens (primary N) is 2. The molecule has 1 rings (SSSR count). The number of carbonyl (C=O) groups excluding carboxylic acids is 1. The highest BCUT2D eigenvalue weighted by molar-refractivity contribution is 5.91. The van der Waals surface area contributed by atoms with Crippen LogP contribution < -0.4 is 16.4 Å². The summed E-state index contributed by atoms with van der Waals surface area (Å²) in [7, 11) is 0. The van der Waals surface area contributed by atoms with Crippen molar-refractivity contribution in [2.24, 2.45) is 11.5 Å². The molecule has 76 valence electrons. The van der Waals surface area contributed by atoms with Gasteiger partial charge in [-0.15, -0.1) is 0 Å². The number of amides is 2. The number of aryl methyl sites for hydroxylation is 1. The van der Waals surface area contributed by atoms with Crippen LogP contribution in [0.3, 0.4) is 0 Å². The van der Waals surface area contributed by atoms with Gasteiger partial charge in [0.05, 0.1) is 0 Å². The molecule has 14 heavy (non-hydrogen) atoms. The van der Waals surface area contributed by atoms with Gasteiger partial charge in [0, 0.05) is 18.8 Å². The SMILES string of the molecule is Cc1ccccc1N(CCN)C(N)=O. The Morgan fingerprint density at radius 3 is 2.57 bits per heavy atom. The van der Waals surface area contributed by atoms with E-state index in [0.29, 0.717) is 13.1 Å². The first-order chi connectivity index (χ1) is 6.66. The number of para-hydroxylation sites is 1. The molecule has 0 radical (unpaired) electrons. The van der Waals surface area contributed by atoms with Crippen molar-refractivity contribution < 1.29 is 4.79 Å². The van der Waals surface area contributed by atoms with Crippen LogP contribution in [0.1, 0.15) is 5.56 Å². The zero-order chi connectivity index (χ0) is 10.6. The molecule has 0 aromatic heterocycles. The van der Waals surface area contributed by atoms with E-state index in [1.807, 2.05) is 31.2 Å². The number of anilines is 1. The van der Waals surface area contributed by atoms with E-state index in [-0.39, 0.29) is 0 Å². The van der Waals surface area contributed by atoms with Crippen molar-refractivity contribution in [3.63, 3.8) is 0 Å². The standard InChI is InChI=1S/C10H15N3O/c1-8-4-2-3-5-9(8)13(7-6-11)10(12)14/h2-5H,6-7,11H2,1H3,(H2,12,14). The first-order valence-corrected chi connectivity index (χ1v) is 4.49. The van der Waals surface area contributed by atoms with Gasteiger partial charge in [0.25, 0.3) is 0 Å². The summed E-state index contributed by atoms with van der Waals surface area (Å²) in [5.41, 5.74) is 12.5. The van der Waals surface area contributed by atoms with Crippen LogP contribution in [0.15, 0.2) is 24.3 Å². The lowest BCUT2D eigenvalue weighted by atomic mass is 10.2. The Morgan fingerprint density at radius 1 is 1.43 bits per heavy atom. The van der Waals surface area contributed by atoms with E-state index in [2.05, 4.69) is 0 Å². The fourth-order valence-electron chi connectivity index (χ4n) is 1.34. The Labute approximate surface area is 83.5 Å². The topological polar surface area (TPSA) is 72.3 Å². The number of benzene rings is 1. The Hall–Kier alpha value is -1.55. The highest BCUT2D eigenvalue weighted by atomic mass is 16.2. The number of carbonyl (C=O) groups is 1. The van der Waals surface area contributed by atoms with Crippen molar-refractivity contribution in [3.8, 4) is 0 Å². The summed E-state index contributed by atoms with van der Waals surface area (Å²) in [5, 5.41) is 0. The fourth-order valence-corrected chi connectivity index (χ4v) is 1.34. The van der Waals surface area contributed by atoms with Gasteiger partial charge in [0.1, 0.15) is 0 Å². The number of primary amides is 1. The van der Waals surface area contributed by atoms with Gasteiger partial charge in [-0.1, -0.05) is 18.2 Å². The number of urea groups is 1. The number of hydrogen-bond donors (Lipinski definition) is 2. The van der Waals surface area contributed by atoms with Crippen molar-refractivity contribution in [1.29, 1.82) is 0 Å². The lowest BCUT2D eigenvalue weighted by Crippen LogP contribution is -2.39. The summed E-state index contributed by atoms with van der Waals surface area (Å²) in [6, 6.07) is 7.11. The van der Waals surface area contributed by atoms with Gasteiger partial charge in [-0.05, 0) is 18.6 Å². The molecule has 0 spiro atoms. The van der Waals surface area contributed by atoms with Crippen molar-refractivity contribution in [1.82, 2.24) is 0 Å². The van der Waals surface area contributed by atoms with Gasteiger partial charge in [-0.2, -0.15) is 0 Å². The second-order valence-electron chi connectivity index (χ2n) is 3.07. The summed E-state index contributed by atoms with van der Waals surface area (Å²) in [6.45, 7) is 2.78. The molecular weight excluding hydrogens is 178 g/mol. The molecule has 0 unspecified atom stereocenters. The third-order valence-electron chi connectivity index (χ3n) is 2.02. The highest BCUT2D eigenvalue weighted by Crippen LogP contribution is 2.18. The van der Waals surface area contributed by atoms with E-state index >= 15 is 0 Å². The van der Waals surface area contributed by atoms with Crippen LogP contribution in [0.25, 0.3) is 0 Å². The van der Waals surface area contributed by atoms with Crippen LogP contribution in [0, 0.1) is 6.92 Å². The van der Waals surface area contributed by atoms with E-state index < -0.39 is 6.03 Å². The zero-order valence-corrected chi connectivity index (χ0v) is 8.23. The van der Waals surface area contributed by atoms with Crippen LogP contribution in [-0.4, -0.2) is 19.1 Å². The van der Waals surface area contributed by atoms with Crippen molar-refractivity contribution in [2.45, 2.75) is 6.92 Å². The van der Waals surface area contributed by atoms with Gasteiger partial charge in [-0.25, -0.2) is 4.79 Å². The minimum atomic E-state index is -0.468. The number of nitrogens with zero attached hydrogens (tertiary/aromatic N) is 1. The largest absolute Gasteiger partial charge is 0.351 e. The van der Waals surface area contributed by atoms with E-state index in [0.717, 1.165) is 11.3 Å². The van der Waals surface area contributed by atoms with Crippen LogP contribution in [0.5, 0.6) is 0 Å². The lowest BCUT2D eigenvalue weighted by Gasteiger charge is -2.21. The Bertz CT molecular complexity index is 325. The van der Waals surface area contributed by atoms with Gasteiger partial charge >= 0.3 is 6.03 Å². The molecule has 1 aromatic rings. The minimum absolute atomic E-state index is 0.400. The van der Waals surface area contributed by atoms with Crippen molar-refractivity contribution >= 4 is 11.7 Å². The fraction of sp³-hybridized carbons (Fsp3) is 0.300. The molecule has 0 heterocycles. The summed E-state index contributed by atoms with van der Waals surface area (Å²) in [5.74, 6) is 0. The minimum Gasteiger partial charge on any atom is -0.351 e. The summed E-state index contributed by atoms with van der Waals surface area (Å²) < 4.78 is 0. The second kappa shape index (κ2) is 4.62. The zero-order valence-electron chi connectivity index (χ0n) is 8.23. The Balaban J connectivity index is 2.99. The quantitative estimate of drug-likeness (QED) is 0.746. The average molecular weight is 193 g/mol. The molecule has 1 aromatic carbocycles. The molecule has 0 saturated heterocycles. The summed E-state index contributed by atoms with van der Waals surface area (Å²) >= 11 is 0. The van der Waals surface area contributed by atoms with Crippen LogP contribution in [-0.2, 0) is 0 Å². The normalized spacial score (nSPS) is 9.86. The summed E-state index contributed by atoms with van der Waals surface area (Å²) in [4.78, 5) is 12.6. The average Bonchev–Trinajstić information content (AvgIpc) is 2.15. The van der Waals surface area contributed by atoms with E-state index in [4.69, 9.17) is 11.5 Å². The first kappa shape index (κ1) is 10.5. The van der Waals surface area contributed by atoms with Crippen molar-refractivity contribution in [2.75, 3.05) is 18.0 Å².